The first-order chi connectivity index (χ1) is 66.4. The zero-order valence-electron chi connectivity index (χ0n) is 78.3. The number of aliphatic hydroxyl groups excluding tert-OH is 2. The zero-order valence-corrected chi connectivity index (χ0v) is 78.3. The Morgan fingerprint density at radius 1 is 0.288 bits per heavy atom. The summed E-state index contributed by atoms with van der Waals surface area (Å²) in [6.45, 7) is 11.1. The molecule has 0 radical (unpaired) electrons. The van der Waals surface area contributed by atoms with E-state index >= 15 is 0 Å². The number of para-hydroxylation sites is 5. The SMILES string of the molecule is CC(=O)Oc1ccccc1C(=O)O.CC(=O)Oc1ccccc1C(=O)O.CC(=O)Oc1ccccc1C(=O)O[C@H](C)[C@H](N)C(=O)OCc1ccccc1.CN[C@@H](CO)C(=O)OCc1ccccc1.CN[C@@H](COC(=O)c1ccccc1OC(C)=O)C(=O)OCc1ccccc1.CN[C@H](C(=O)OCc1ccccc1)[C@@H](C)O.CN[C@H](C(=O)OCc1ccccc1)[C@@H](C)OC(=O)c1ccccc1OC(C)=O. The van der Waals surface area contributed by atoms with E-state index in [1.165, 1.54) is 102 Å². The highest BCUT2D eigenvalue weighted by molar-refractivity contribution is 5.96. The summed E-state index contributed by atoms with van der Waals surface area (Å²) in [6.07, 6.45) is -2.52. The van der Waals surface area contributed by atoms with Crippen molar-refractivity contribution in [3.63, 3.8) is 0 Å². The number of aliphatic hydroxyl groups is 2. The van der Waals surface area contributed by atoms with Gasteiger partial charge in [-0.25, -0.2) is 24.0 Å². The summed E-state index contributed by atoms with van der Waals surface area (Å²) in [7, 11) is 6.35. The molecule has 0 aliphatic carbocycles. The Hall–Kier alpha value is -16.0. The molecule has 0 spiro atoms. The van der Waals surface area contributed by atoms with Crippen molar-refractivity contribution in [3.8, 4) is 28.7 Å². The Labute approximate surface area is 802 Å². The fraction of sp³-hybridized carbons (Fsp3) is 0.265. The number of carbonyl (C=O) groups is 15. The smallest absolute Gasteiger partial charge is 0.342 e. The second kappa shape index (κ2) is 64.0. The Morgan fingerprint density at radius 2 is 0.525 bits per heavy atom. The van der Waals surface area contributed by atoms with E-state index in [4.69, 9.17) is 73.2 Å². The topological polar surface area (TPSA) is 531 Å². The van der Waals surface area contributed by atoms with Crippen molar-refractivity contribution < 1.29 is 154 Å². The molecular formula is C102H113N5O32. The van der Waals surface area contributed by atoms with Crippen LogP contribution in [0.25, 0.3) is 0 Å². The van der Waals surface area contributed by atoms with Gasteiger partial charge >= 0.3 is 89.5 Å². The molecule has 0 bridgehead atoms. The van der Waals surface area contributed by atoms with Crippen LogP contribution in [0.15, 0.2) is 273 Å². The van der Waals surface area contributed by atoms with Gasteiger partial charge in [0.15, 0.2) is 0 Å². The summed E-state index contributed by atoms with van der Waals surface area (Å²) in [4.78, 5) is 172. The van der Waals surface area contributed by atoms with Gasteiger partial charge in [-0.1, -0.05) is 212 Å². The molecule has 0 unspecified atom stereocenters. The molecule has 8 atom stereocenters. The quantitative estimate of drug-likeness (QED) is 0.00992. The minimum absolute atomic E-state index is 0.0160. The third-order valence-electron chi connectivity index (χ3n) is 18.2. The molecule has 37 heteroatoms. The fourth-order valence-corrected chi connectivity index (χ4v) is 11.2. The largest absolute Gasteiger partial charge is 0.478 e. The number of nitrogens with one attached hydrogen (secondary N) is 4. The molecule has 10 N–H and O–H groups in total. The molecule has 139 heavy (non-hydrogen) atoms. The third kappa shape index (κ3) is 44.3. The van der Waals surface area contributed by atoms with Crippen molar-refractivity contribution in [1.29, 1.82) is 0 Å². The maximum Gasteiger partial charge on any atom is 0.342 e. The lowest BCUT2D eigenvalue weighted by molar-refractivity contribution is -0.151. The van der Waals surface area contributed by atoms with Gasteiger partial charge in [-0.05, 0) is 137 Å². The van der Waals surface area contributed by atoms with Gasteiger partial charge in [0, 0.05) is 34.6 Å². The molecule has 738 valence electrons. The molecule has 10 rings (SSSR count). The highest BCUT2D eigenvalue weighted by atomic mass is 16.6. The van der Waals surface area contributed by atoms with Crippen molar-refractivity contribution in [2.45, 2.75) is 137 Å². The average Bonchev–Trinajstić information content (AvgIpc) is 0.901. The van der Waals surface area contributed by atoms with Crippen LogP contribution in [0, 0.1) is 0 Å². The Morgan fingerprint density at radius 3 is 0.791 bits per heavy atom. The first-order valence-corrected chi connectivity index (χ1v) is 42.6. The second-order valence-corrected chi connectivity index (χ2v) is 29.0. The first-order valence-electron chi connectivity index (χ1n) is 42.6. The van der Waals surface area contributed by atoms with E-state index in [-0.39, 0.29) is 103 Å². The van der Waals surface area contributed by atoms with E-state index in [0.717, 1.165) is 27.8 Å². The maximum atomic E-state index is 12.5. The number of likely N-dealkylation sites (N-methyl/N-ethyl adjacent to an activating group) is 4. The van der Waals surface area contributed by atoms with Gasteiger partial charge in [0.25, 0.3) is 0 Å². The van der Waals surface area contributed by atoms with Crippen LogP contribution in [0.5, 0.6) is 28.7 Å². The predicted octanol–water partition coefficient (Wildman–Crippen LogP) is 10.4. The number of aromatic carboxylic acids is 2. The van der Waals surface area contributed by atoms with Crippen molar-refractivity contribution in [2.24, 2.45) is 5.73 Å². The van der Waals surface area contributed by atoms with E-state index in [1.807, 2.05) is 152 Å². The zero-order chi connectivity index (χ0) is 103. The molecule has 10 aromatic rings. The highest BCUT2D eigenvalue weighted by Gasteiger charge is 2.32. The van der Waals surface area contributed by atoms with Crippen LogP contribution in [-0.4, -0.2) is 200 Å². The number of esters is 13. The molecule has 0 aliphatic heterocycles. The van der Waals surface area contributed by atoms with Crippen LogP contribution in [0.1, 0.15) is 135 Å². The van der Waals surface area contributed by atoms with Gasteiger partial charge in [-0.15, -0.1) is 0 Å². The highest BCUT2D eigenvalue weighted by Crippen LogP contribution is 2.25. The van der Waals surface area contributed by atoms with E-state index in [9.17, 15) is 77.0 Å². The van der Waals surface area contributed by atoms with Crippen LogP contribution in [0.4, 0.5) is 0 Å². The molecule has 0 amide bonds. The van der Waals surface area contributed by atoms with Crippen molar-refractivity contribution in [1.82, 2.24) is 21.3 Å². The monoisotopic (exact) mass is 1920 g/mol. The molecule has 0 saturated heterocycles. The second-order valence-electron chi connectivity index (χ2n) is 29.0. The van der Waals surface area contributed by atoms with Gasteiger partial charge in [0.2, 0.25) is 0 Å². The Kier molecular flexibility index (Phi) is 53.1. The molecule has 0 saturated carbocycles. The minimum atomic E-state index is -1.15. The van der Waals surface area contributed by atoms with E-state index in [1.54, 1.807) is 103 Å². The predicted molar refractivity (Wildman–Crippen MR) is 502 cm³/mol. The number of benzene rings is 10. The molecule has 0 fully saturated rings. The van der Waals surface area contributed by atoms with Gasteiger partial charge < -0.3 is 109 Å². The van der Waals surface area contributed by atoms with E-state index < -0.39 is 138 Å². The van der Waals surface area contributed by atoms with Crippen LogP contribution >= 0.6 is 0 Å². The normalized spacial score (nSPS) is 11.8. The molecule has 0 heterocycles. The van der Waals surface area contributed by atoms with Crippen LogP contribution in [0.3, 0.4) is 0 Å². The first kappa shape index (κ1) is 115. The summed E-state index contributed by atoms with van der Waals surface area (Å²) in [6, 6.07) is 72.9. The molecule has 0 aromatic heterocycles. The van der Waals surface area contributed by atoms with Gasteiger partial charge in [-0.3, -0.25) is 47.9 Å². The lowest BCUT2D eigenvalue weighted by atomic mass is 10.1. The molecule has 10 aromatic carbocycles. The summed E-state index contributed by atoms with van der Waals surface area (Å²) in [5.74, 6) is -9.37. The van der Waals surface area contributed by atoms with Crippen LogP contribution < -0.4 is 50.7 Å². The fourth-order valence-electron chi connectivity index (χ4n) is 11.2. The Balaban J connectivity index is 0.000000346. The third-order valence-corrected chi connectivity index (χ3v) is 18.2. The number of ether oxygens (including phenoxy) is 13. The van der Waals surface area contributed by atoms with E-state index in [0.29, 0.717) is 0 Å². The number of hydrogen-bond acceptors (Lipinski definition) is 35. The number of nitrogens with two attached hydrogens (primary N) is 1. The number of carboxylic acids is 2. The number of carboxylic acid groups (broad SMARTS) is 2. The lowest BCUT2D eigenvalue weighted by Gasteiger charge is -2.22. The Bertz CT molecular complexity index is 5450. The molecule has 37 nitrogen and oxygen atoms in total. The van der Waals surface area contributed by atoms with Gasteiger partial charge in [0.05, 0.1) is 12.7 Å². The number of hydrogen-bond donors (Lipinski definition) is 9. The van der Waals surface area contributed by atoms with Gasteiger partial charge in [-0.2, -0.15) is 0 Å². The maximum absolute atomic E-state index is 12.5. The summed E-state index contributed by atoms with van der Waals surface area (Å²) >= 11 is 0. The minimum Gasteiger partial charge on any atom is -0.478 e. The van der Waals surface area contributed by atoms with E-state index in [2.05, 4.69) is 30.7 Å². The summed E-state index contributed by atoms with van der Waals surface area (Å²) in [5, 5.41) is 46.5. The number of carbonyl (C=O) groups excluding carboxylic acids is 13. The van der Waals surface area contributed by atoms with Crippen LogP contribution in [0.2, 0.25) is 0 Å². The van der Waals surface area contributed by atoms with Crippen molar-refractivity contribution in [2.75, 3.05) is 41.4 Å². The van der Waals surface area contributed by atoms with Crippen LogP contribution in [-0.2, 0) is 119 Å². The average molecular weight is 1920 g/mol. The van der Waals surface area contributed by atoms with Gasteiger partial charge in [0.1, 0.15) is 139 Å². The van der Waals surface area contributed by atoms with Crippen molar-refractivity contribution >= 4 is 89.5 Å². The summed E-state index contributed by atoms with van der Waals surface area (Å²) < 4.78 is 66.0. The molecule has 0 aliphatic rings. The van der Waals surface area contributed by atoms with Crippen molar-refractivity contribution in [3.05, 3.63) is 329 Å². The standard InChI is InChI=1S/C21H23NO6.2C20H21NO6.C12H17NO3.C11H15NO3.2C9H8O4/c1-14(19(22-3)21(25)26-13-16-9-5-4-6-10-16)27-20(24)17-11-7-8-12-18(17)28-15(2)23;1-14(22)27-18-11-7-6-10-16(18)19(23)26-13-17(21-2)20(24)25-12-15-8-4-3-5-9-15;1-13(18(21)20(24)25-12-15-8-4-3-5-9-15)26-19(23)16-10-6-7-11-17(16)27-14(2)22;1-9(14)11(13-2)12(15)16-8-10-6-4-3-5-7-10;1-12-10(7-13)11(14)15-8-9-5-3-2-4-6-9;2*1-6(10)13-8-5-3-2-4-7(8)9(11)12/h4-12,14,19,22H,13H2,1-3H3;3-11,17,21H,12-13H2,1-2H3;3-11,13,18H,12,21H2,1-2H3;3-7,9,11,13-14H,8H2,1-2H3;2-6,10,12-13H,7-8H2,1H3;2*2-5H,1H3,(H,11,12)/t14-,19+;17-;13-,18+;9-,11+;10-;;/m10110../s1. The lowest BCUT2D eigenvalue weighted by Crippen LogP contribution is -2.45. The summed E-state index contributed by atoms with van der Waals surface area (Å²) in [5.41, 5.74) is 10.4. The number of rotatable bonds is 37. The molecular weight excluding hydrogens is 1810 g/mol.